The molecule has 2 aromatic carbocycles. The first-order chi connectivity index (χ1) is 16.5. The number of sulfonamides is 1. The lowest BCUT2D eigenvalue weighted by Crippen LogP contribution is -2.14. The van der Waals surface area contributed by atoms with Crippen LogP contribution in [-0.4, -0.2) is 29.3 Å². The number of rotatable bonds is 6. The van der Waals surface area contributed by atoms with Crippen molar-refractivity contribution in [2.45, 2.75) is 12.3 Å². The number of aromatic nitrogens is 3. The van der Waals surface area contributed by atoms with Crippen LogP contribution in [0.2, 0.25) is 0 Å². The van der Waals surface area contributed by atoms with Gasteiger partial charge in [-0.25, -0.2) is 18.4 Å². The van der Waals surface area contributed by atoms with Crippen LogP contribution in [0.15, 0.2) is 95.6 Å². The Hall–Kier alpha value is -4.15. The molecule has 0 unspecified atom stereocenters. The van der Waals surface area contributed by atoms with E-state index in [1.165, 1.54) is 29.7 Å². The van der Waals surface area contributed by atoms with Crippen LogP contribution >= 0.6 is 11.3 Å². The molecule has 10 heteroatoms. The summed E-state index contributed by atoms with van der Waals surface area (Å²) in [6.07, 6.45) is 4.86. The van der Waals surface area contributed by atoms with E-state index in [1.807, 2.05) is 36.4 Å². The topological polar surface area (TPSA) is 114 Å². The summed E-state index contributed by atoms with van der Waals surface area (Å²) in [5.41, 5.74) is 3.11. The second-order valence-corrected chi connectivity index (χ2v) is 9.81. The van der Waals surface area contributed by atoms with Gasteiger partial charge in [0.1, 0.15) is 0 Å². The van der Waals surface area contributed by atoms with E-state index in [9.17, 15) is 13.2 Å². The van der Waals surface area contributed by atoms with Gasteiger partial charge in [0.25, 0.3) is 15.9 Å². The third-order valence-electron chi connectivity index (χ3n) is 5.01. The first-order valence-electron chi connectivity index (χ1n) is 10.1. The average Bonchev–Trinajstić information content (AvgIpc) is 3.36. The lowest BCUT2D eigenvalue weighted by Gasteiger charge is -2.11. The van der Waals surface area contributed by atoms with Gasteiger partial charge in [0.15, 0.2) is 5.13 Å². The number of fused-ring (bicyclic) bond motifs is 1. The maximum atomic E-state index is 13.2. The average molecular weight is 504 g/mol. The normalized spacial score (nSPS) is 11.0. The Morgan fingerprint density at radius 3 is 2.37 bits per heavy atom. The van der Waals surface area contributed by atoms with Gasteiger partial charge in [0.2, 0.25) is 0 Å². The molecule has 3 heterocycles. The molecule has 2 N–H and O–H groups in total. The van der Waals surface area contributed by atoms with Crippen LogP contribution < -0.4 is 10.0 Å². The van der Waals surface area contributed by atoms with Crippen LogP contribution in [0, 0.1) is 0 Å². The van der Waals surface area contributed by atoms with E-state index in [4.69, 9.17) is 0 Å². The maximum absolute atomic E-state index is 13.2. The predicted octanol–water partition coefficient (Wildman–Crippen LogP) is 5.44. The van der Waals surface area contributed by atoms with Crippen molar-refractivity contribution in [1.82, 2.24) is 15.0 Å². The second-order valence-electron chi connectivity index (χ2n) is 7.23. The summed E-state index contributed by atoms with van der Waals surface area (Å²) in [6.45, 7) is 0. The van der Waals surface area contributed by atoms with Crippen molar-refractivity contribution in [1.29, 1.82) is 0 Å². The Morgan fingerprint density at radius 2 is 1.66 bits per heavy atom. The van der Waals surface area contributed by atoms with Crippen molar-refractivity contribution in [3.05, 3.63) is 96.3 Å². The summed E-state index contributed by atoms with van der Waals surface area (Å²) in [7, 11) is -3.77. The van der Waals surface area contributed by atoms with Gasteiger partial charge in [-0.05, 0) is 48.5 Å². The number of carbonyl (C=O) groups is 1. The number of nitrogens with one attached hydrogen (secondary N) is 2. The summed E-state index contributed by atoms with van der Waals surface area (Å²) in [5, 5.41) is 5.53. The number of hydrogen-bond donors (Lipinski definition) is 2. The molecule has 0 saturated carbocycles. The van der Waals surface area contributed by atoms with E-state index in [1.54, 1.807) is 36.0 Å². The number of para-hydroxylation sites is 1. The monoisotopic (exact) mass is 503 g/mol. The molecular formula is C25H21N5O3S2. The minimum Gasteiger partial charge on any atom is -0.322 e. The number of thiazole rings is 1. The minimum atomic E-state index is -3.77. The lowest BCUT2D eigenvalue weighted by atomic mass is 10.0. The quantitative estimate of drug-likeness (QED) is 0.319. The van der Waals surface area contributed by atoms with Crippen molar-refractivity contribution < 1.29 is 13.2 Å². The zero-order valence-electron chi connectivity index (χ0n) is 17.5. The van der Waals surface area contributed by atoms with E-state index in [0.717, 1.165) is 5.56 Å². The van der Waals surface area contributed by atoms with Gasteiger partial charge < -0.3 is 5.32 Å². The van der Waals surface area contributed by atoms with Gasteiger partial charge in [-0.1, -0.05) is 25.6 Å². The molecule has 0 aliphatic rings. The summed E-state index contributed by atoms with van der Waals surface area (Å²) in [5.74, 6) is -0.328. The fourth-order valence-electron chi connectivity index (χ4n) is 3.40. The standard InChI is InChI=1S/C24H17N5O3S2.CH4/c30-23(27-17-5-7-18(8-6-17)34(31,32)29-24-26-13-14-33-24)20-15-22(16-9-11-25-12-10-16)28-21-4-2-1-3-19(20)21;/h1-15H,(H,26,29)(H,27,30);1H4. The second kappa shape index (κ2) is 10.00. The molecule has 0 fully saturated rings. The van der Waals surface area contributed by atoms with Gasteiger partial charge in [-0.15, -0.1) is 11.3 Å². The van der Waals surface area contributed by atoms with Crippen LogP contribution in [0.4, 0.5) is 10.8 Å². The molecule has 5 rings (SSSR count). The summed E-state index contributed by atoms with van der Waals surface area (Å²) in [4.78, 5) is 25.9. The molecular weight excluding hydrogens is 482 g/mol. The van der Waals surface area contributed by atoms with Crippen LogP contribution in [0.1, 0.15) is 17.8 Å². The zero-order chi connectivity index (χ0) is 23.5. The highest BCUT2D eigenvalue weighted by molar-refractivity contribution is 7.93. The smallest absolute Gasteiger partial charge is 0.263 e. The molecule has 1 amide bonds. The van der Waals surface area contributed by atoms with E-state index in [-0.39, 0.29) is 23.4 Å². The van der Waals surface area contributed by atoms with Crippen molar-refractivity contribution in [3.63, 3.8) is 0 Å². The Bertz CT molecular complexity index is 1570. The first kappa shape index (κ1) is 24.0. The third kappa shape index (κ3) is 5.18. The Labute approximate surface area is 206 Å². The summed E-state index contributed by atoms with van der Waals surface area (Å²) in [6, 6.07) is 18.8. The summed E-state index contributed by atoms with van der Waals surface area (Å²) < 4.78 is 27.5. The van der Waals surface area contributed by atoms with Crippen LogP contribution in [0.25, 0.3) is 22.2 Å². The molecule has 8 nitrogen and oxygen atoms in total. The zero-order valence-corrected chi connectivity index (χ0v) is 19.2. The van der Waals surface area contributed by atoms with Gasteiger partial charge in [0.05, 0.1) is 21.7 Å². The maximum Gasteiger partial charge on any atom is 0.263 e. The number of carbonyl (C=O) groups excluding carboxylic acids is 1. The molecule has 0 saturated heterocycles. The van der Waals surface area contributed by atoms with Crippen molar-refractivity contribution >= 4 is 49.0 Å². The predicted molar refractivity (Wildman–Crippen MR) is 139 cm³/mol. The highest BCUT2D eigenvalue weighted by atomic mass is 32.2. The highest BCUT2D eigenvalue weighted by Crippen LogP contribution is 2.26. The largest absolute Gasteiger partial charge is 0.322 e. The molecule has 0 bridgehead atoms. The number of amides is 1. The number of nitrogens with zero attached hydrogens (tertiary/aromatic N) is 3. The van der Waals surface area contributed by atoms with E-state index in [2.05, 4.69) is 25.0 Å². The Kier molecular flexibility index (Phi) is 6.85. The molecule has 0 atom stereocenters. The molecule has 0 aliphatic carbocycles. The van der Waals surface area contributed by atoms with Crippen molar-refractivity contribution in [2.24, 2.45) is 0 Å². The van der Waals surface area contributed by atoms with Crippen LogP contribution in [0.3, 0.4) is 0 Å². The van der Waals surface area contributed by atoms with Gasteiger partial charge >= 0.3 is 0 Å². The lowest BCUT2D eigenvalue weighted by molar-refractivity contribution is 0.102. The molecule has 5 aromatic rings. The molecule has 0 radical (unpaired) electrons. The fraction of sp³-hybridized carbons (Fsp3) is 0.0400. The van der Waals surface area contributed by atoms with Crippen LogP contribution in [-0.2, 0) is 10.0 Å². The number of pyridine rings is 2. The fourth-order valence-corrected chi connectivity index (χ4v) is 5.19. The van der Waals surface area contributed by atoms with Crippen molar-refractivity contribution in [2.75, 3.05) is 10.0 Å². The van der Waals surface area contributed by atoms with Gasteiger partial charge in [-0.2, -0.15) is 0 Å². The molecule has 176 valence electrons. The molecule has 35 heavy (non-hydrogen) atoms. The van der Waals surface area contributed by atoms with E-state index >= 15 is 0 Å². The highest BCUT2D eigenvalue weighted by Gasteiger charge is 2.17. The molecule has 0 spiro atoms. The molecule has 3 aromatic heterocycles. The van der Waals surface area contributed by atoms with Gasteiger partial charge in [-0.3, -0.25) is 14.5 Å². The molecule has 0 aliphatic heterocycles. The number of hydrogen-bond acceptors (Lipinski definition) is 7. The van der Waals surface area contributed by atoms with Crippen molar-refractivity contribution in [3.8, 4) is 11.3 Å². The number of benzene rings is 2. The first-order valence-corrected chi connectivity index (χ1v) is 12.5. The summed E-state index contributed by atoms with van der Waals surface area (Å²) >= 11 is 1.19. The SMILES string of the molecule is C.O=C(Nc1ccc(S(=O)(=O)Nc2nccs2)cc1)c1cc(-c2ccncc2)nc2ccccc12. The van der Waals surface area contributed by atoms with E-state index in [0.29, 0.717) is 27.8 Å². The minimum absolute atomic E-state index is 0. The van der Waals surface area contributed by atoms with Crippen LogP contribution in [0.5, 0.6) is 0 Å². The van der Waals surface area contributed by atoms with E-state index < -0.39 is 10.0 Å². The Balaban J connectivity index is 0.00000289. The Morgan fingerprint density at radius 1 is 0.914 bits per heavy atom. The number of anilines is 2. The third-order valence-corrected chi connectivity index (χ3v) is 7.19. The van der Waals surface area contributed by atoms with Gasteiger partial charge in [0, 0.05) is 40.6 Å².